The zero-order valence-corrected chi connectivity index (χ0v) is 40.1. The molecule has 0 unspecified atom stereocenters. The molecule has 1 aromatic rings. The van der Waals surface area contributed by atoms with Crippen molar-refractivity contribution in [1.29, 1.82) is 0 Å². The van der Waals surface area contributed by atoms with E-state index in [1.54, 1.807) is 46.8 Å². The number of esters is 1. The van der Waals surface area contributed by atoms with Crippen molar-refractivity contribution in [1.82, 2.24) is 31.1 Å². The first-order chi connectivity index (χ1) is 30.9. The Kier molecular flexibility index (Phi) is 20.6. The lowest BCUT2D eigenvalue weighted by molar-refractivity contribution is -0.170. The van der Waals surface area contributed by atoms with Crippen molar-refractivity contribution in [2.45, 2.75) is 169 Å². The number of piperidine rings is 1. The molecule has 0 saturated carbocycles. The van der Waals surface area contributed by atoms with E-state index in [2.05, 4.69) is 21.3 Å². The number of hydrogen-bond acceptors (Lipinski definition) is 12. The third-order valence-corrected chi connectivity index (χ3v) is 12.7. The Morgan fingerprint density at radius 3 is 2.06 bits per heavy atom. The summed E-state index contributed by atoms with van der Waals surface area (Å²) in [5, 5.41) is 32.1. The monoisotopic (exact) mass is 928 g/mol. The van der Waals surface area contributed by atoms with Crippen molar-refractivity contribution in [3.05, 3.63) is 29.8 Å². The topological polar surface area (TPSA) is 284 Å². The first kappa shape index (κ1) is 54.7. The van der Waals surface area contributed by atoms with Crippen LogP contribution in [-0.4, -0.2) is 129 Å². The number of aliphatic hydroxyl groups is 1. The summed E-state index contributed by atoms with van der Waals surface area (Å²) in [5.41, 5.74) is 5.92. The molecule has 0 spiro atoms. The van der Waals surface area contributed by atoms with Gasteiger partial charge in [-0.25, -0.2) is 4.79 Å². The van der Waals surface area contributed by atoms with Crippen LogP contribution in [0.4, 0.5) is 0 Å². The summed E-state index contributed by atoms with van der Waals surface area (Å²) in [7, 11) is 1.40. The number of rotatable bonds is 15. The van der Waals surface area contributed by atoms with Crippen LogP contribution in [0.1, 0.15) is 119 Å². The quantitative estimate of drug-likeness (QED) is 0.124. The molecule has 66 heavy (non-hydrogen) atoms. The van der Waals surface area contributed by atoms with E-state index in [-0.39, 0.29) is 56.6 Å². The van der Waals surface area contributed by atoms with Crippen LogP contribution < -0.4 is 27.0 Å². The highest BCUT2D eigenvalue weighted by atomic mass is 16.5. The molecule has 0 aromatic heterocycles. The second-order valence-electron chi connectivity index (χ2n) is 18.7. The van der Waals surface area contributed by atoms with Gasteiger partial charge in [0, 0.05) is 38.1 Å². The van der Waals surface area contributed by atoms with E-state index in [1.807, 2.05) is 20.8 Å². The largest absolute Gasteiger partial charge is 0.508 e. The lowest BCUT2D eigenvalue weighted by Gasteiger charge is -2.44. The zero-order valence-electron chi connectivity index (χ0n) is 40.1. The van der Waals surface area contributed by atoms with E-state index < -0.39 is 125 Å². The number of cyclic esters (lactones) is 1. The number of aromatic hydroxyl groups is 1. The Labute approximate surface area is 388 Å². The fraction of sp³-hybridized carbons (Fsp3) is 0.681. The van der Waals surface area contributed by atoms with Gasteiger partial charge in [0.15, 0.2) is 5.78 Å². The number of nitrogens with two attached hydrogens (primary N) is 1. The number of phenols is 1. The zero-order chi connectivity index (χ0) is 49.7. The van der Waals surface area contributed by atoms with E-state index in [9.17, 15) is 53.4 Å². The maximum atomic E-state index is 14.9. The van der Waals surface area contributed by atoms with Crippen LogP contribution >= 0.6 is 0 Å². The molecule has 2 saturated heterocycles. The number of nitrogens with zero attached hydrogens (tertiary/aromatic N) is 2. The summed E-state index contributed by atoms with van der Waals surface area (Å²) < 4.78 is 5.92. The number of ether oxygens (including phenoxy) is 1. The fourth-order valence-electron chi connectivity index (χ4n) is 8.14. The minimum absolute atomic E-state index is 0.0260. The van der Waals surface area contributed by atoms with Crippen LogP contribution in [0.2, 0.25) is 0 Å². The maximum Gasteiger partial charge on any atom is 0.329 e. The van der Waals surface area contributed by atoms with Crippen LogP contribution in [0.15, 0.2) is 24.3 Å². The van der Waals surface area contributed by atoms with Crippen LogP contribution in [0, 0.1) is 29.6 Å². The highest BCUT2D eigenvalue weighted by Crippen LogP contribution is 2.32. The van der Waals surface area contributed by atoms with Gasteiger partial charge in [0.25, 0.3) is 0 Å². The number of amides is 7. The lowest BCUT2D eigenvalue weighted by atomic mass is 9.85. The number of carbonyl (C=O) groups is 9. The number of phenolic OH excluding ortho intramolecular Hbond substituents is 1. The molecule has 2 heterocycles. The van der Waals surface area contributed by atoms with Crippen molar-refractivity contribution in [3.8, 4) is 5.75 Å². The number of nitrogens with one attached hydrogen (secondary N) is 4. The van der Waals surface area contributed by atoms with Gasteiger partial charge in [-0.15, -0.1) is 0 Å². The number of aliphatic hydroxyl groups excluding tert-OH is 1. The highest BCUT2D eigenvalue weighted by molar-refractivity contribution is 5.98. The number of ketones is 1. The Morgan fingerprint density at radius 1 is 0.879 bits per heavy atom. The van der Waals surface area contributed by atoms with Gasteiger partial charge < -0.3 is 51.8 Å². The third kappa shape index (κ3) is 14.7. The Balaban J connectivity index is 2.27. The Hall–Kier alpha value is -5.59. The fourth-order valence-corrected chi connectivity index (χ4v) is 8.14. The molecule has 0 aliphatic carbocycles. The third-order valence-electron chi connectivity index (χ3n) is 12.7. The van der Waals surface area contributed by atoms with Crippen molar-refractivity contribution in [2.75, 3.05) is 7.05 Å². The number of fused-ring (bicyclic) bond motifs is 2. The molecular weight excluding hydrogens is 855 g/mol. The molecule has 11 atom stereocenters. The average molecular weight is 928 g/mol. The van der Waals surface area contributed by atoms with Gasteiger partial charge in [0.2, 0.25) is 41.4 Å². The summed E-state index contributed by atoms with van der Waals surface area (Å²) in [4.78, 5) is 128. The summed E-state index contributed by atoms with van der Waals surface area (Å²) in [5.74, 6) is -9.70. The highest BCUT2D eigenvalue weighted by Gasteiger charge is 2.47. The molecule has 2 aliphatic rings. The first-order valence-corrected chi connectivity index (χ1v) is 23.2. The summed E-state index contributed by atoms with van der Waals surface area (Å²) >= 11 is 0. The van der Waals surface area contributed by atoms with E-state index in [0.717, 1.165) is 4.90 Å². The second-order valence-corrected chi connectivity index (χ2v) is 18.7. The SMILES string of the molecule is CC[C@H](C)[C@@H]1NC(=O)[C@H](Cc2ccc(O)cc2)N(C)C(=O)[C@H]([C@@H](C)CC)N2C(=O)[C@H](CC[C@H]2O)CC(=O)[C@H](CC(C)C)NC(=O)[C@@H](NC(=O)[C@H](CCC(N)=O)NC(=O)C(C)C)[C@@H](C)OC1=O. The van der Waals surface area contributed by atoms with Crippen molar-refractivity contribution in [3.63, 3.8) is 0 Å². The molecule has 3 rings (SSSR count). The molecule has 2 aliphatic heterocycles. The van der Waals surface area contributed by atoms with Crippen LogP contribution in [-0.2, 0) is 54.3 Å². The predicted molar refractivity (Wildman–Crippen MR) is 242 cm³/mol. The normalized spacial score (nSPS) is 26.6. The molecule has 2 bridgehead atoms. The summed E-state index contributed by atoms with van der Waals surface area (Å²) in [6.45, 7) is 15.2. The van der Waals surface area contributed by atoms with E-state index in [0.29, 0.717) is 18.4 Å². The van der Waals surface area contributed by atoms with E-state index >= 15 is 0 Å². The minimum Gasteiger partial charge on any atom is -0.508 e. The van der Waals surface area contributed by atoms with Gasteiger partial charge in [0.05, 0.1) is 6.04 Å². The van der Waals surface area contributed by atoms with Gasteiger partial charge in [-0.05, 0) is 68.1 Å². The van der Waals surface area contributed by atoms with E-state index in [4.69, 9.17) is 10.5 Å². The number of benzene rings is 1. The molecule has 2 fully saturated rings. The molecule has 1 aromatic carbocycles. The van der Waals surface area contributed by atoms with E-state index in [1.165, 1.54) is 31.0 Å². The van der Waals surface area contributed by atoms with Crippen molar-refractivity contribution >= 4 is 53.1 Å². The standard InChI is InChI=1S/C47H73N7O12/c1-11-26(7)38-47(65)66-28(9)39(52-42(60)32(18-19-36(48)57)49-41(59)25(5)6)44(62)50-33(21-24(3)4)35(56)23-30-15-20-37(58)54(45(30)63)40(27(8)12-2)46(64)53(10)34(43(61)51-38)22-29-13-16-31(55)17-14-29/h13-14,16-17,24-28,30,32-34,37-40,55,58H,11-12,15,18-23H2,1-10H3,(H2,48,57)(H,49,59)(H,50,62)(H,51,61)(H,52,60)/t26-,27-,28+,30+,32-,33-,34-,37+,38-,39-,40-/m0/s1. The van der Waals surface area contributed by atoms with Crippen LogP contribution in [0.25, 0.3) is 0 Å². The van der Waals surface area contributed by atoms with Crippen molar-refractivity contribution < 1.29 is 58.1 Å². The number of hydrogen-bond donors (Lipinski definition) is 7. The van der Waals surface area contributed by atoms with Gasteiger partial charge in [0.1, 0.15) is 48.3 Å². The van der Waals surface area contributed by atoms with Crippen LogP contribution in [0.5, 0.6) is 5.75 Å². The Bertz CT molecular complexity index is 1910. The molecule has 8 N–H and O–H groups in total. The molecule has 368 valence electrons. The van der Waals surface area contributed by atoms with Gasteiger partial charge >= 0.3 is 5.97 Å². The smallest absolute Gasteiger partial charge is 0.329 e. The lowest BCUT2D eigenvalue weighted by Crippen LogP contribution is -2.63. The number of primary amides is 1. The van der Waals surface area contributed by atoms with Gasteiger partial charge in [-0.1, -0.05) is 80.4 Å². The molecule has 19 nitrogen and oxygen atoms in total. The van der Waals surface area contributed by atoms with Gasteiger partial charge in [-0.2, -0.15) is 0 Å². The number of likely N-dealkylation sites (N-methyl/N-ethyl adjacent to an activating group) is 1. The molecule has 0 radical (unpaired) electrons. The first-order valence-electron chi connectivity index (χ1n) is 23.2. The summed E-state index contributed by atoms with van der Waals surface area (Å²) in [6.07, 6.45) is -2.98. The Morgan fingerprint density at radius 2 is 1.50 bits per heavy atom. The molecular formula is C47H73N7O12. The minimum atomic E-state index is -1.71. The molecule has 19 heteroatoms. The second kappa shape index (κ2) is 24.8. The number of carbonyl (C=O) groups excluding carboxylic acids is 9. The number of Topliss-reactive ketones (excluding diaryl/α,β-unsaturated/α-hetero) is 1. The maximum absolute atomic E-state index is 14.9. The average Bonchev–Trinajstić information content (AvgIpc) is 3.25. The van der Waals surface area contributed by atoms with Gasteiger partial charge in [-0.3, -0.25) is 38.4 Å². The van der Waals surface area contributed by atoms with Crippen LogP contribution in [0.3, 0.4) is 0 Å². The van der Waals surface area contributed by atoms with Crippen molar-refractivity contribution in [2.24, 2.45) is 35.3 Å². The summed E-state index contributed by atoms with van der Waals surface area (Å²) in [6, 6.07) is -2.29. The molecule has 7 amide bonds. The predicted octanol–water partition coefficient (Wildman–Crippen LogP) is 1.59.